The number of nitrogens with zero attached hydrogens (tertiary/aromatic N) is 3. The van der Waals surface area contributed by atoms with Crippen LogP contribution in [0.5, 0.6) is 11.5 Å². The van der Waals surface area contributed by atoms with Gasteiger partial charge in [-0.25, -0.2) is 0 Å². The third kappa shape index (κ3) is 5.27. The summed E-state index contributed by atoms with van der Waals surface area (Å²) in [6.45, 7) is 19.6. The quantitative estimate of drug-likeness (QED) is 0.310. The Morgan fingerprint density at radius 2 is 1.11 bits per heavy atom. The van der Waals surface area contributed by atoms with Crippen molar-refractivity contribution in [3.63, 3.8) is 0 Å². The van der Waals surface area contributed by atoms with Crippen molar-refractivity contribution in [3.8, 4) is 11.5 Å². The predicted octanol–water partition coefficient (Wildman–Crippen LogP) is 1.12. The SMILES string of the molecule is CCN(CC)[P+](c1cc(OC)ccc1OC)(N(CC)CC)N(CC)CC.[I-]. The summed E-state index contributed by atoms with van der Waals surface area (Å²) >= 11 is 0. The highest BCUT2D eigenvalue weighted by molar-refractivity contribution is 7.76. The van der Waals surface area contributed by atoms with Gasteiger partial charge in [0.25, 0.3) is 7.71 Å². The second kappa shape index (κ2) is 13.2. The van der Waals surface area contributed by atoms with E-state index >= 15 is 0 Å². The molecule has 158 valence electrons. The van der Waals surface area contributed by atoms with E-state index in [1.807, 2.05) is 6.07 Å². The lowest BCUT2D eigenvalue weighted by Crippen LogP contribution is -3.00. The zero-order valence-electron chi connectivity index (χ0n) is 18.5. The average Bonchev–Trinajstić information content (AvgIpc) is 2.69. The fraction of sp³-hybridized carbons (Fsp3) is 0.700. The van der Waals surface area contributed by atoms with E-state index in [1.165, 1.54) is 5.30 Å². The van der Waals surface area contributed by atoms with Gasteiger partial charge in [0, 0.05) is 45.3 Å². The largest absolute Gasteiger partial charge is 1.00 e. The number of ether oxygens (including phenoxy) is 2. The molecule has 0 aromatic heterocycles. The van der Waals surface area contributed by atoms with Gasteiger partial charge in [-0.05, 0) is 53.7 Å². The molecule has 0 amide bonds. The van der Waals surface area contributed by atoms with E-state index in [-0.39, 0.29) is 24.0 Å². The van der Waals surface area contributed by atoms with E-state index < -0.39 is 7.71 Å². The topological polar surface area (TPSA) is 28.2 Å². The van der Waals surface area contributed by atoms with Crippen molar-refractivity contribution in [2.75, 3.05) is 53.5 Å². The molecule has 0 spiro atoms. The lowest BCUT2D eigenvalue weighted by atomic mass is 10.3. The molecule has 0 saturated heterocycles. The molecule has 0 radical (unpaired) electrons. The van der Waals surface area contributed by atoms with E-state index in [1.54, 1.807) is 14.2 Å². The highest BCUT2D eigenvalue weighted by Gasteiger charge is 2.57. The van der Waals surface area contributed by atoms with Gasteiger partial charge in [-0.2, -0.15) is 0 Å². The summed E-state index contributed by atoms with van der Waals surface area (Å²) < 4.78 is 19.4. The van der Waals surface area contributed by atoms with Gasteiger partial charge in [0.15, 0.2) is 11.1 Å². The average molecular weight is 511 g/mol. The van der Waals surface area contributed by atoms with Crippen LogP contribution in [0.1, 0.15) is 41.5 Å². The molecule has 5 nitrogen and oxygen atoms in total. The number of hydrogen-bond acceptors (Lipinski definition) is 5. The van der Waals surface area contributed by atoms with Gasteiger partial charge in [-0.3, -0.25) is 0 Å². The third-order valence-electron chi connectivity index (χ3n) is 5.08. The minimum atomic E-state index is -1.98. The summed E-state index contributed by atoms with van der Waals surface area (Å²) in [5, 5.41) is 1.26. The lowest BCUT2D eigenvalue weighted by molar-refractivity contribution is -0.00000680. The fourth-order valence-corrected chi connectivity index (χ4v) is 8.99. The molecule has 0 aliphatic rings. The molecule has 0 aliphatic carbocycles. The number of hydrogen-bond donors (Lipinski definition) is 0. The highest BCUT2D eigenvalue weighted by atomic mass is 127. The Labute approximate surface area is 184 Å². The summed E-state index contributed by atoms with van der Waals surface area (Å²) in [5.41, 5.74) is 0. The van der Waals surface area contributed by atoms with Gasteiger partial charge < -0.3 is 33.5 Å². The molecule has 0 saturated carbocycles. The van der Waals surface area contributed by atoms with Gasteiger partial charge in [-0.1, -0.05) is 0 Å². The van der Waals surface area contributed by atoms with E-state index in [0.29, 0.717) is 0 Å². The summed E-state index contributed by atoms with van der Waals surface area (Å²) in [6.07, 6.45) is 0. The second-order valence-electron chi connectivity index (χ2n) is 6.02. The van der Waals surface area contributed by atoms with Crippen LogP contribution in [0.3, 0.4) is 0 Å². The normalized spacial score (nSPS) is 11.8. The van der Waals surface area contributed by atoms with Crippen LogP contribution in [0.15, 0.2) is 18.2 Å². The number of rotatable bonds is 12. The number of benzene rings is 1. The van der Waals surface area contributed by atoms with Crippen LogP contribution in [0.25, 0.3) is 0 Å². The Hall–Kier alpha value is -0.140. The van der Waals surface area contributed by atoms with Crippen molar-refractivity contribution < 1.29 is 33.5 Å². The molecule has 1 aromatic carbocycles. The van der Waals surface area contributed by atoms with Crippen LogP contribution < -0.4 is 38.8 Å². The van der Waals surface area contributed by atoms with E-state index in [2.05, 4.69) is 67.7 Å². The zero-order chi connectivity index (χ0) is 19.7. The van der Waals surface area contributed by atoms with Gasteiger partial charge in [0.1, 0.15) is 5.75 Å². The second-order valence-corrected chi connectivity index (χ2v) is 9.34. The minimum Gasteiger partial charge on any atom is -1.00 e. The van der Waals surface area contributed by atoms with Gasteiger partial charge >= 0.3 is 0 Å². The molecule has 7 heteroatoms. The molecule has 0 N–H and O–H groups in total. The van der Waals surface area contributed by atoms with Crippen molar-refractivity contribution in [3.05, 3.63) is 18.2 Å². The van der Waals surface area contributed by atoms with Gasteiger partial charge in [0.2, 0.25) is 0 Å². The summed E-state index contributed by atoms with van der Waals surface area (Å²) in [6, 6.07) is 6.24. The van der Waals surface area contributed by atoms with Crippen LogP contribution in [-0.2, 0) is 0 Å². The fourth-order valence-electron chi connectivity index (χ4n) is 3.88. The standard InChI is InChI=1S/C20H39N3O2P.HI/c1-9-21(10-2)26(22(11-3)12-4,23(13-5)14-6)20-17-18(24-7)15-16-19(20)25-8;/h15-17H,9-14H2,1-8H3;1H/q+1;/p-1. The summed E-state index contributed by atoms with van der Waals surface area (Å²) in [5.74, 6) is 1.83. The van der Waals surface area contributed by atoms with Gasteiger partial charge in [0.05, 0.1) is 14.2 Å². The smallest absolute Gasteiger partial charge is 0.266 e. The van der Waals surface area contributed by atoms with E-state index in [9.17, 15) is 0 Å². The van der Waals surface area contributed by atoms with Crippen LogP contribution in [0, 0.1) is 0 Å². The van der Waals surface area contributed by atoms with E-state index in [4.69, 9.17) is 9.47 Å². The maximum atomic E-state index is 5.86. The Morgan fingerprint density at radius 3 is 1.41 bits per heavy atom. The Balaban J connectivity index is 0.00000676. The summed E-state index contributed by atoms with van der Waals surface area (Å²) in [4.78, 5) is 0. The minimum absolute atomic E-state index is 0. The molecule has 0 atom stereocenters. The van der Waals surface area contributed by atoms with Crippen LogP contribution >= 0.6 is 7.71 Å². The maximum Gasteiger partial charge on any atom is 0.266 e. The maximum absolute atomic E-state index is 5.86. The van der Waals surface area contributed by atoms with E-state index in [0.717, 1.165) is 50.8 Å². The molecule has 1 rings (SSSR count). The molecule has 0 bridgehead atoms. The van der Waals surface area contributed by atoms with Gasteiger partial charge in [-0.15, -0.1) is 14.0 Å². The first-order valence-corrected chi connectivity index (χ1v) is 11.6. The first-order valence-electron chi connectivity index (χ1n) is 9.93. The molecule has 0 unspecified atom stereocenters. The zero-order valence-corrected chi connectivity index (χ0v) is 21.5. The first kappa shape index (κ1) is 26.9. The molecule has 1 aromatic rings. The molecule has 0 fully saturated rings. The van der Waals surface area contributed by atoms with Crippen molar-refractivity contribution in [1.29, 1.82) is 0 Å². The van der Waals surface area contributed by atoms with Crippen molar-refractivity contribution in [2.24, 2.45) is 0 Å². The van der Waals surface area contributed by atoms with Crippen molar-refractivity contribution in [1.82, 2.24) is 14.0 Å². The lowest BCUT2D eigenvalue weighted by Gasteiger charge is -2.46. The Kier molecular flexibility index (Phi) is 13.1. The Morgan fingerprint density at radius 1 is 0.704 bits per heavy atom. The Bertz CT molecular complexity index is 505. The van der Waals surface area contributed by atoms with Crippen LogP contribution in [0.4, 0.5) is 0 Å². The third-order valence-corrected chi connectivity index (χ3v) is 10.1. The van der Waals surface area contributed by atoms with Crippen LogP contribution in [0.2, 0.25) is 0 Å². The molecular weight excluding hydrogens is 472 g/mol. The molecule has 0 aliphatic heterocycles. The van der Waals surface area contributed by atoms with Crippen LogP contribution in [-0.4, -0.2) is 67.5 Å². The molecule has 0 heterocycles. The summed E-state index contributed by atoms with van der Waals surface area (Å²) in [7, 11) is 1.53. The molecule has 27 heavy (non-hydrogen) atoms. The monoisotopic (exact) mass is 511 g/mol. The highest BCUT2D eigenvalue weighted by Crippen LogP contribution is 2.67. The predicted molar refractivity (Wildman–Crippen MR) is 115 cm³/mol. The molecular formula is C20H39IN3O2P. The van der Waals surface area contributed by atoms with Crippen molar-refractivity contribution in [2.45, 2.75) is 41.5 Å². The first-order chi connectivity index (χ1) is 12.5. The number of halogens is 1. The van der Waals surface area contributed by atoms with Crippen molar-refractivity contribution >= 4 is 13.0 Å². The number of methoxy groups -OCH3 is 2.